The minimum Gasteiger partial charge on any atom is -0.453 e. The van der Waals surface area contributed by atoms with Gasteiger partial charge in [-0.2, -0.15) is 0 Å². The number of hydrogen-bond donors (Lipinski definition) is 0. The molecule has 0 aromatic heterocycles. The van der Waals surface area contributed by atoms with Crippen LogP contribution < -0.4 is 0 Å². The zero-order valence-corrected chi connectivity index (χ0v) is 7.51. The van der Waals surface area contributed by atoms with E-state index in [-0.39, 0.29) is 11.6 Å². The van der Waals surface area contributed by atoms with Gasteiger partial charge in [0.1, 0.15) is 0 Å². The normalized spacial score (nSPS) is 25.6. The zero-order valence-electron chi connectivity index (χ0n) is 7.51. The quantitative estimate of drug-likeness (QED) is 0.553. The third-order valence-corrected chi connectivity index (χ3v) is 3.28. The highest BCUT2D eigenvalue weighted by molar-refractivity contribution is 5.69. The van der Waals surface area contributed by atoms with E-state index in [9.17, 15) is 4.79 Å². The largest absolute Gasteiger partial charge is 0.453 e. The molecular formula is C9H15NO2. The van der Waals surface area contributed by atoms with Gasteiger partial charge in [-0.1, -0.05) is 0 Å². The molecule has 0 atom stereocenters. The number of hydrogen-bond acceptors (Lipinski definition) is 2. The van der Waals surface area contributed by atoms with Crippen LogP contribution in [0.1, 0.15) is 32.1 Å². The molecule has 3 nitrogen and oxygen atoms in total. The lowest BCUT2D eigenvalue weighted by Crippen LogP contribution is -2.51. The minimum absolute atomic E-state index is 0.132. The predicted octanol–water partition coefficient (Wildman–Crippen LogP) is 1.77. The first-order valence-electron chi connectivity index (χ1n) is 4.64. The fourth-order valence-corrected chi connectivity index (χ4v) is 2.44. The highest BCUT2D eigenvalue weighted by Gasteiger charge is 2.48. The molecule has 0 unspecified atom stereocenters. The second kappa shape index (κ2) is 2.64. The second-order valence-electron chi connectivity index (χ2n) is 3.80. The maximum absolute atomic E-state index is 11.3. The van der Waals surface area contributed by atoms with E-state index in [0.717, 1.165) is 13.0 Å². The van der Waals surface area contributed by atoms with Gasteiger partial charge in [0.15, 0.2) is 0 Å². The lowest BCUT2D eigenvalue weighted by molar-refractivity contribution is 0.0442. The molecule has 2 aliphatic rings. The van der Waals surface area contributed by atoms with E-state index >= 15 is 0 Å². The fourth-order valence-electron chi connectivity index (χ4n) is 2.44. The Balaban J connectivity index is 2.09. The maximum atomic E-state index is 11.3. The molecule has 68 valence electrons. The number of rotatable bonds is 0. The lowest BCUT2D eigenvalue weighted by atomic mass is 9.75. The Morgan fingerprint density at radius 1 is 1.33 bits per heavy atom. The Morgan fingerprint density at radius 2 is 2.00 bits per heavy atom. The molecule has 2 rings (SSSR count). The molecule has 1 saturated heterocycles. The molecule has 2 fully saturated rings. The molecule has 1 heterocycles. The Kier molecular flexibility index (Phi) is 1.74. The van der Waals surface area contributed by atoms with E-state index in [2.05, 4.69) is 0 Å². The molecule has 0 N–H and O–H groups in total. The van der Waals surface area contributed by atoms with Crippen molar-refractivity contribution < 1.29 is 9.53 Å². The van der Waals surface area contributed by atoms with Crippen molar-refractivity contribution >= 4 is 6.09 Å². The van der Waals surface area contributed by atoms with E-state index in [1.54, 1.807) is 0 Å². The van der Waals surface area contributed by atoms with Crippen LogP contribution in [-0.2, 0) is 4.74 Å². The highest BCUT2D eigenvalue weighted by atomic mass is 16.5. The SMILES string of the molecule is COC(=O)N1CCCC12CCC2. The first-order chi connectivity index (χ1) is 5.78. The van der Waals surface area contributed by atoms with Crippen molar-refractivity contribution in [3.63, 3.8) is 0 Å². The van der Waals surface area contributed by atoms with Crippen molar-refractivity contribution in [3.05, 3.63) is 0 Å². The van der Waals surface area contributed by atoms with Crippen molar-refractivity contribution in [1.82, 2.24) is 4.90 Å². The van der Waals surface area contributed by atoms with Crippen LogP contribution in [0.3, 0.4) is 0 Å². The Hall–Kier alpha value is -0.730. The summed E-state index contributed by atoms with van der Waals surface area (Å²) in [5, 5.41) is 0. The van der Waals surface area contributed by atoms with Gasteiger partial charge in [-0.25, -0.2) is 4.79 Å². The molecule has 1 spiro atoms. The van der Waals surface area contributed by atoms with Gasteiger partial charge in [-0.15, -0.1) is 0 Å². The minimum atomic E-state index is -0.132. The molecule has 0 bridgehead atoms. The number of carbonyl (C=O) groups excluding carboxylic acids is 1. The van der Waals surface area contributed by atoms with Crippen LogP contribution in [0.15, 0.2) is 0 Å². The van der Waals surface area contributed by atoms with Crippen molar-refractivity contribution in [2.24, 2.45) is 0 Å². The lowest BCUT2D eigenvalue weighted by Gasteiger charge is -2.44. The number of nitrogens with zero attached hydrogens (tertiary/aromatic N) is 1. The first kappa shape index (κ1) is 7.90. The van der Waals surface area contributed by atoms with E-state index in [1.165, 1.54) is 32.8 Å². The second-order valence-corrected chi connectivity index (χ2v) is 3.80. The third-order valence-electron chi connectivity index (χ3n) is 3.28. The van der Waals surface area contributed by atoms with Gasteiger partial charge in [-0.3, -0.25) is 0 Å². The maximum Gasteiger partial charge on any atom is 0.409 e. The van der Waals surface area contributed by atoms with Crippen molar-refractivity contribution in [2.75, 3.05) is 13.7 Å². The Labute approximate surface area is 72.7 Å². The van der Waals surface area contributed by atoms with Crippen LogP contribution in [0.2, 0.25) is 0 Å². The Morgan fingerprint density at radius 3 is 2.50 bits per heavy atom. The summed E-state index contributed by atoms with van der Waals surface area (Å²) < 4.78 is 4.75. The predicted molar refractivity (Wildman–Crippen MR) is 44.9 cm³/mol. The Bertz CT molecular complexity index is 199. The average molecular weight is 169 g/mol. The van der Waals surface area contributed by atoms with Crippen LogP contribution in [0, 0.1) is 0 Å². The van der Waals surface area contributed by atoms with E-state index < -0.39 is 0 Å². The molecule has 1 aliphatic heterocycles. The first-order valence-corrected chi connectivity index (χ1v) is 4.64. The van der Waals surface area contributed by atoms with Gasteiger partial charge in [0, 0.05) is 12.1 Å². The summed E-state index contributed by atoms with van der Waals surface area (Å²) in [6, 6.07) is 0. The molecular weight excluding hydrogens is 154 g/mol. The molecule has 12 heavy (non-hydrogen) atoms. The van der Waals surface area contributed by atoms with Crippen LogP contribution in [0.5, 0.6) is 0 Å². The summed E-state index contributed by atoms with van der Waals surface area (Å²) in [6.45, 7) is 0.896. The number of methoxy groups -OCH3 is 1. The molecule has 3 heteroatoms. The summed E-state index contributed by atoms with van der Waals surface area (Å²) in [4.78, 5) is 13.3. The van der Waals surface area contributed by atoms with E-state index in [4.69, 9.17) is 4.74 Å². The third kappa shape index (κ3) is 0.919. The van der Waals surface area contributed by atoms with Crippen LogP contribution >= 0.6 is 0 Å². The van der Waals surface area contributed by atoms with Gasteiger partial charge in [-0.05, 0) is 32.1 Å². The molecule has 0 aromatic rings. The number of ether oxygens (including phenoxy) is 1. The summed E-state index contributed by atoms with van der Waals surface area (Å²) in [7, 11) is 1.47. The molecule has 1 amide bonds. The topological polar surface area (TPSA) is 29.5 Å². The summed E-state index contributed by atoms with van der Waals surface area (Å²) in [5.74, 6) is 0. The van der Waals surface area contributed by atoms with Gasteiger partial charge < -0.3 is 9.64 Å². The van der Waals surface area contributed by atoms with Crippen LogP contribution in [0.4, 0.5) is 4.79 Å². The monoisotopic (exact) mass is 169 g/mol. The molecule has 0 radical (unpaired) electrons. The van der Waals surface area contributed by atoms with Crippen molar-refractivity contribution in [2.45, 2.75) is 37.6 Å². The average Bonchev–Trinajstić information content (AvgIpc) is 2.45. The number of likely N-dealkylation sites (tertiary alicyclic amines) is 1. The van der Waals surface area contributed by atoms with Gasteiger partial charge >= 0.3 is 6.09 Å². The van der Waals surface area contributed by atoms with Crippen LogP contribution in [-0.4, -0.2) is 30.2 Å². The summed E-state index contributed by atoms with van der Waals surface area (Å²) >= 11 is 0. The van der Waals surface area contributed by atoms with E-state index in [0.29, 0.717) is 0 Å². The molecule has 1 aliphatic carbocycles. The number of amides is 1. The van der Waals surface area contributed by atoms with E-state index in [1.807, 2.05) is 4.90 Å². The van der Waals surface area contributed by atoms with Crippen molar-refractivity contribution in [3.8, 4) is 0 Å². The van der Waals surface area contributed by atoms with Crippen LogP contribution in [0.25, 0.3) is 0 Å². The van der Waals surface area contributed by atoms with Gasteiger partial charge in [0.05, 0.1) is 7.11 Å². The summed E-state index contributed by atoms with van der Waals surface area (Å²) in [5.41, 5.74) is 0.215. The van der Waals surface area contributed by atoms with Gasteiger partial charge in [0.2, 0.25) is 0 Å². The molecule has 0 aromatic carbocycles. The fraction of sp³-hybridized carbons (Fsp3) is 0.889. The zero-order chi connectivity index (χ0) is 8.60. The standard InChI is InChI=1S/C9H15NO2/c1-12-8(11)10-7-3-6-9(10)4-2-5-9/h2-7H2,1H3. The number of carbonyl (C=O) groups is 1. The summed E-state index contributed by atoms with van der Waals surface area (Å²) in [6.07, 6.45) is 5.83. The van der Waals surface area contributed by atoms with Gasteiger partial charge in [0.25, 0.3) is 0 Å². The van der Waals surface area contributed by atoms with Crippen molar-refractivity contribution in [1.29, 1.82) is 0 Å². The molecule has 1 saturated carbocycles. The smallest absolute Gasteiger partial charge is 0.409 e. The highest BCUT2D eigenvalue weighted by Crippen LogP contribution is 2.45.